The molecule has 1 unspecified atom stereocenters. The Balaban J connectivity index is 1.74. The number of hydrogen-bond donors (Lipinski definition) is 1. The quantitative estimate of drug-likeness (QED) is 0.793. The summed E-state index contributed by atoms with van der Waals surface area (Å²) in [6.45, 7) is 7.92. The molecule has 2 fully saturated rings. The van der Waals surface area contributed by atoms with Crippen LogP contribution in [0, 0.1) is 16.7 Å². The summed E-state index contributed by atoms with van der Waals surface area (Å²) in [4.78, 5) is 2.46. The van der Waals surface area contributed by atoms with Gasteiger partial charge in [-0.2, -0.15) is 5.26 Å². The number of piperidine rings is 1. The van der Waals surface area contributed by atoms with Gasteiger partial charge in [-0.25, -0.2) is 0 Å². The zero-order chi connectivity index (χ0) is 12.3. The second-order valence-corrected chi connectivity index (χ2v) is 6.09. The third-order valence-electron chi connectivity index (χ3n) is 4.53. The topological polar surface area (TPSA) is 39.1 Å². The number of likely N-dealkylation sites (tertiary alicyclic amines) is 1. The van der Waals surface area contributed by atoms with Crippen LogP contribution in [-0.2, 0) is 0 Å². The van der Waals surface area contributed by atoms with Crippen LogP contribution in [0.5, 0.6) is 0 Å². The van der Waals surface area contributed by atoms with Crippen LogP contribution >= 0.6 is 0 Å². The second kappa shape index (κ2) is 5.37. The smallest absolute Gasteiger partial charge is 0.108 e. The second-order valence-electron chi connectivity index (χ2n) is 6.09. The van der Waals surface area contributed by atoms with E-state index in [4.69, 9.17) is 5.26 Å². The van der Waals surface area contributed by atoms with Crippen molar-refractivity contribution in [2.24, 2.45) is 5.41 Å². The highest BCUT2D eigenvalue weighted by Gasteiger charge is 2.30. The Morgan fingerprint density at radius 1 is 1.41 bits per heavy atom. The van der Waals surface area contributed by atoms with Gasteiger partial charge in [-0.15, -0.1) is 0 Å². The molecule has 1 atom stereocenters. The van der Waals surface area contributed by atoms with Gasteiger partial charge in [0.05, 0.1) is 6.07 Å². The Labute approximate surface area is 105 Å². The largest absolute Gasteiger partial charge is 0.301 e. The van der Waals surface area contributed by atoms with Crippen LogP contribution in [0.1, 0.15) is 46.0 Å². The highest BCUT2D eigenvalue weighted by atomic mass is 15.2. The number of nitrogens with zero attached hydrogens (tertiary/aromatic N) is 2. The van der Waals surface area contributed by atoms with Crippen LogP contribution in [0.25, 0.3) is 0 Å². The summed E-state index contributed by atoms with van der Waals surface area (Å²) in [5.74, 6) is 0. The fourth-order valence-electron chi connectivity index (χ4n) is 2.55. The van der Waals surface area contributed by atoms with Crippen molar-refractivity contribution in [1.29, 1.82) is 5.26 Å². The zero-order valence-corrected chi connectivity index (χ0v) is 11.2. The Kier molecular flexibility index (Phi) is 4.06. The third kappa shape index (κ3) is 3.69. The number of nitriles is 1. The van der Waals surface area contributed by atoms with E-state index in [0.717, 1.165) is 19.6 Å². The lowest BCUT2D eigenvalue weighted by Gasteiger charge is -2.39. The average molecular weight is 235 g/mol. The summed E-state index contributed by atoms with van der Waals surface area (Å²) in [5.41, 5.74) is 0.544. The van der Waals surface area contributed by atoms with Crippen molar-refractivity contribution in [3.63, 3.8) is 0 Å². The number of nitrogens with one attached hydrogen (secondary N) is 1. The highest BCUT2D eigenvalue weighted by molar-refractivity contribution is 4.98. The van der Waals surface area contributed by atoms with Gasteiger partial charge in [0.15, 0.2) is 0 Å². The molecule has 0 spiro atoms. The Morgan fingerprint density at radius 2 is 2.06 bits per heavy atom. The Morgan fingerprint density at radius 3 is 2.53 bits per heavy atom. The molecule has 1 aliphatic heterocycles. The van der Waals surface area contributed by atoms with E-state index in [9.17, 15) is 0 Å². The minimum Gasteiger partial charge on any atom is -0.301 e. The van der Waals surface area contributed by atoms with Crippen molar-refractivity contribution in [3.8, 4) is 6.07 Å². The van der Waals surface area contributed by atoms with Gasteiger partial charge in [-0.3, -0.25) is 5.32 Å². The van der Waals surface area contributed by atoms with Crippen LogP contribution in [0.4, 0.5) is 0 Å². The van der Waals surface area contributed by atoms with E-state index in [1.54, 1.807) is 0 Å². The van der Waals surface area contributed by atoms with Gasteiger partial charge in [0.1, 0.15) is 6.04 Å². The van der Waals surface area contributed by atoms with E-state index < -0.39 is 0 Å². The molecule has 1 aliphatic carbocycles. The van der Waals surface area contributed by atoms with Gasteiger partial charge >= 0.3 is 0 Å². The fraction of sp³-hybridized carbons (Fsp3) is 0.929. The minimum absolute atomic E-state index is 0.0356. The number of rotatable bonds is 5. The first-order chi connectivity index (χ1) is 8.15. The number of hydrogen-bond acceptors (Lipinski definition) is 3. The third-order valence-corrected chi connectivity index (χ3v) is 4.53. The Hall–Kier alpha value is -0.590. The van der Waals surface area contributed by atoms with Crippen molar-refractivity contribution in [2.45, 2.75) is 58.0 Å². The maximum Gasteiger partial charge on any atom is 0.108 e. The first-order valence-electron chi connectivity index (χ1n) is 7.03. The van der Waals surface area contributed by atoms with E-state index in [1.165, 1.54) is 32.1 Å². The van der Waals surface area contributed by atoms with Crippen LogP contribution in [0.3, 0.4) is 0 Å². The SMILES string of the molecule is CCC1(C)CCN(CC(C#N)NC2CC2)CC1. The van der Waals surface area contributed by atoms with Crippen LogP contribution in [0.15, 0.2) is 0 Å². The molecule has 0 aromatic rings. The van der Waals surface area contributed by atoms with Crippen LogP contribution in [-0.4, -0.2) is 36.6 Å². The highest BCUT2D eigenvalue weighted by Crippen LogP contribution is 2.33. The first kappa shape index (κ1) is 12.9. The molecule has 1 N–H and O–H groups in total. The van der Waals surface area contributed by atoms with Gasteiger partial charge < -0.3 is 4.90 Å². The molecule has 1 heterocycles. The normalized spacial score (nSPS) is 26.4. The van der Waals surface area contributed by atoms with Gasteiger partial charge in [-0.05, 0) is 44.2 Å². The lowest BCUT2D eigenvalue weighted by atomic mass is 9.78. The molecule has 2 aliphatic rings. The molecule has 0 bridgehead atoms. The standard InChI is InChI=1S/C14H25N3/c1-3-14(2)6-8-17(9-7-14)11-13(10-15)16-12-4-5-12/h12-13,16H,3-9,11H2,1-2H3. The van der Waals surface area contributed by atoms with Crippen molar-refractivity contribution in [1.82, 2.24) is 10.2 Å². The first-order valence-corrected chi connectivity index (χ1v) is 7.03. The summed E-state index contributed by atoms with van der Waals surface area (Å²) in [6, 6.07) is 3.07. The van der Waals surface area contributed by atoms with Crippen LogP contribution in [0.2, 0.25) is 0 Å². The maximum absolute atomic E-state index is 9.14. The van der Waals surface area contributed by atoms with E-state index in [-0.39, 0.29) is 6.04 Å². The monoisotopic (exact) mass is 235 g/mol. The fourth-order valence-corrected chi connectivity index (χ4v) is 2.55. The molecule has 1 saturated heterocycles. The molecule has 0 aromatic carbocycles. The lowest BCUT2D eigenvalue weighted by molar-refractivity contribution is 0.110. The summed E-state index contributed by atoms with van der Waals surface area (Å²) in [6.07, 6.45) is 6.36. The van der Waals surface area contributed by atoms with Gasteiger partial charge in [0, 0.05) is 12.6 Å². The molecule has 0 aromatic heterocycles. The minimum atomic E-state index is 0.0356. The molecule has 0 radical (unpaired) electrons. The van der Waals surface area contributed by atoms with Crippen molar-refractivity contribution >= 4 is 0 Å². The van der Waals surface area contributed by atoms with Gasteiger partial charge in [0.25, 0.3) is 0 Å². The lowest BCUT2D eigenvalue weighted by Crippen LogP contribution is -2.46. The summed E-state index contributed by atoms with van der Waals surface area (Å²) >= 11 is 0. The predicted octanol–water partition coefficient (Wildman–Crippen LogP) is 2.14. The molecule has 17 heavy (non-hydrogen) atoms. The van der Waals surface area contributed by atoms with E-state index in [1.807, 2.05) is 0 Å². The maximum atomic E-state index is 9.14. The van der Waals surface area contributed by atoms with E-state index in [0.29, 0.717) is 11.5 Å². The van der Waals surface area contributed by atoms with Gasteiger partial charge in [0.2, 0.25) is 0 Å². The summed E-state index contributed by atoms with van der Waals surface area (Å²) in [5, 5.41) is 12.6. The molecule has 96 valence electrons. The molecular weight excluding hydrogens is 210 g/mol. The van der Waals surface area contributed by atoms with E-state index >= 15 is 0 Å². The molecular formula is C14H25N3. The average Bonchev–Trinajstić information content (AvgIpc) is 3.15. The molecule has 3 heteroatoms. The molecule has 1 saturated carbocycles. The summed E-state index contributed by atoms with van der Waals surface area (Å²) < 4.78 is 0. The Bertz CT molecular complexity index is 282. The van der Waals surface area contributed by atoms with Crippen molar-refractivity contribution in [2.75, 3.05) is 19.6 Å². The predicted molar refractivity (Wildman–Crippen MR) is 69.6 cm³/mol. The summed E-state index contributed by atoms with van der Waals surface area (Å²) in [7, 11) is 0. The van der Waals surface area contributed by atoms with Crippen molar-refractivity contribution < 1.29 is 0 Å². The molecule has 2 rings (SSSR count). The van der Waals surface area contributed by atoms with Crippen LogP contribution < -0.4 is 5.32 Å². The van der Waals surface area contributed by atoms with Crippen molar-refractivity contribution in [3.05, 3.63) is 0 Å². The molecule has 3 nitrogen and oxygen atoms in total. The molecule has 0 amide bonds. The zero-order valence-electron chi connectivity index (χ0n) is 11.2. The van der Waals surface area contributed by atoms with Gasteiger partial charge in [-0.1, -0.05) is 20.3 Å². The van der Waals surface area contributed by atoms with E-state index in [2.05, 4.69) is 30.1 Å².